The van der Waals surface area contributed by atoms with Gasteiger partial charge in [-0.3, -0.25) is 9.59 Å². The molecule has 0 fully saturated rings. The van der Waals surface area contributed by atoms with E-state index in [0.717, 1.165) is 22.3 Å². The first kappa shape index (κ1) is 26.1. The van der Waals surface area contributed by atoms with Crippen LogP contribution in [0.1, 0.15) is 21.5 Å². The number of methoxy groups -OCH3 is 2. The molecule has 0 atom stereocenters. The van der Waals surface area contributed by atoms with E-state index in [1.54, 1.807) is 13.2 Å². The summed E-state index contributed by atoms with van der Waals surface area (Å²) in [6, 6.07) is 21.3. The number of ether oxygens (including phenoxy) is 2. The van der Waals surface area contributed by atoms with E-state index >= 15 is 0 Å². The van der Waals surface area contributed by atoms with Gasteiger partial charge in [0.05, 0.1) is 32.1 Å². The zero-order valence-corrected chi connectivity index (χ0v) is 20.7. The molecule has 8 heteroatoms. The second-order valence-corrected chi connectivity index (χ2v) is 8.68. The SMILES string of the molecule is COc1cc(-c2ccc(CSCC(=O)NCCO)cc2)cc(C(=O)NCc2ccccc2)c1OC. The standard InChI is InChI=1S/C27H30N2O5S/c1-33-24-15-22(21-10-8-20(9-11-21)17-35-18-25(31)28-12-13-30)14-23(26(24)34-2)27(32)29-16-19-6-4-3-5-7-19/h3-11,14-15,30H,12-13,16-18H2,1-2H3,(H,28,31)(H,29,32). The van der Waals surface area contributed by atoms with Crippen LogP contribution in [-0.2, 0) is 17.1 Å². The Hall–Kier alpha value is -3.49. The molecule has 3 N–H and O–H groups in total. The van der Waals surface area contributed by atoms with E-state index < -0.39 is 0 Å². The molecule has 0 heterocycles. The molecule has 2 amide bonds. The average Bonchev–Trinajstić information content (AvgIpc) is 2.90. The molecule has 0 aliphatic heterocycles. The minimum atomic E-state index is -0.252. The van der Waals surface area contributed by atoms with Gasteiger partial charge in [0.25, 0.3) is 5.91 Å². The van der Waals surface area contributed by atoms with Gasteiger partial charge >= 0.3 is 0 Å². The van der Waals surface area contributed by atoms with Gasteiger partial charge in [0.2, 0.25) is 5.91 Å². The molecule has 0 spiro atoms. The van der Waals surface area contributed by atoms with E-state index in [2.05, 4.69) is 10.6 Å². The van der Waals surface area contributed by atoms with Crippen molar-refractivity contribution in [3.63, 3.8) is 0 Å². The first-order valence-electron chi connectivity index (χ1n) is 11.2. The number of nitrogens with one attached hydrogen (secondary N) is 2. The van der Waals surface area contributed by atoms with Crippen LogP contribution in [0.25, 0.3) is 11.1 Å². The largest absolute Gasteiger partial charge is 0.493 e. The fourth-order valence-electron chi connectivity index (χ4n) is 3.47. The minimum absolute atomic E-state index is 0.0651. The highest BCUT2D eigenvalue weighted by Crippen LogP contribution is 2.36. The maximum absolute atomic E-state index is 13.0. The first-order valence-corrected chi connectivity index (χ1v) is 12.3. The average molecular weight is 495 g/mol. The van der Waals surface area contributed by atoms with Gasteiger partial charge in [0.1, 0.15) is 0 Å². The molecule has 0 saturated heterocycles. The summed E-state index contributed by atoms with van der Waals surface area (Å²) >= 11 is 1.50. The van der Waals surface area contributed by atoms with Gasteiger partial charge < -0.3 is 25.2 Å². The molecule has 3 rings (SSSR count). The lowest BCUT2D eigenvalue weighted by molar-refractivity contribution is -0.118. The van der Waals surface area contributed by atoms with Crippen LogP contribution in [0.5, 0.6) is 11.5 Å². The third-order valence-electron chi connectivity index (χ3n) is 5.24. The summed E-state index contributed by atoms with van der Waals surface area (Å²) in [5.74, 6) is 1.53. The highest BCUT2D eigenvalue weighted by molar-refractivity contribution is 7.99. The van der Waals surface area contributed by atoms with E-state index in [9.17, 15) is 9.59 Å². The van der Waals surface area contributed by atoms with Crippen LogP contribution < -0.4 is 20.1 Å². The van der Waals surface area contributed by atoms with Crippen LogP contribution in [0.15, 0.2) is 66.7 Å². The zero-order chi connectivity index (χ0) is 25.0. The molecular formula is C27H30N2O5S. The molecule has 0 radical (unpaired) electrons. The molecule has 7 nitrogen and oxygen atoms in total. The molecule has 0 aliphatic rings. The lowest BCUT2D eigenvalue weighted by atomic mass is 10.00. The lowest BCUT2D eigenvalue weighted by Gasteiger charge is -2.15. The molecule has 3 aromatic rings. The van der Waals surface area contributed by atoms with Crippen molar-refractivity contribution in [3.05, 3.63) is 83.4 Å². The molecular weight excluding hydrogens is 464 g/mol. The van der Waals surface area contributed by atoms with E-state index in [1.165, 1.54) is 18.9 Å². The van der Waals surface area contributed by atoms with E-state index in [0.29, 0.717) is 35.1 Å². The topological polar surface area (TPSA) is 96.9 Å². The van der Waals surface area contributed by atoms with Crippen LogP contribution >= 0.6 is 11.8 Å². The number of rotatable bonds is 12. The van der Waals surface area contributed by atoms with Gasteiger partial charge in [-0.05, 0) is 34.4 Å². The predicted molar refractivity (Wildman–Crippen MR) is 139 cm³/mol. The molecule has 184 valence electrons. The summed E-state index contributed by atoms with van der Waals surface area (Å²) in [7, 11) is 3.06. The van der Waals surface area contributed by atoms with Crippen LogP contribution in [0.4, 0.5) is 0 Å². The first-order chi connectivity index (χ1) is 17.0. The minimum Gasteiger partial charge on any atom is -0.493 e. The van der Waals surface area contributed by atoms with Crippen molar-refractivity contribution >= 4 is 23.6 Å². The third-order valence-corrected chi connectivity index (χ3v) is 6.25. The van der Waals surface area contributed by atoms with Crippen LogP contribution in [0.3, 0.4) is 0 Å². The van der Waals surface area contributed by atoms with E-state index in [1.807, 2.05) is 60.7 Å². The molecule has 0 bridgehead atoms. The van der Waals surface area contributed by atoms with Crippen molar-refractivity contribution in [2.24, 2.45) is 0 Å². The zero-order valence-electron chi connectivity index (χ0n) is 19.9. The Kier molecular flexibility index (Phi) is 10.0. The van der Waals surface area contributed by atoms with Gasteiger partial charge in [-0.15, -0.1) is 11.8 Å². The Bertz CT molecular complexity index is 1120. The molecule has 0 aromatic heterocycles. The van der Waals surface area contributed by atoms with E-state index in [-0.39, 0.29) is 25.0 Å². The summed E-state index contributed by atoms with van der Waals surface area (Å²) in [5.41, 5.74) is 4.23. The van der Waals surface area contributed by atoms with Gasteiger partial charge in [0, 0.05) is 18.8 Å². The number of hydrogen-bond acceptors (Lipinski definition) is 6. The smallest absolute Gasteiger partial charge is 0.255 e. The number of thioether (sulfide) groups is 1. The number of aliphatic hydroxyl groups is 1. The Morgan fingerprint density at radius 1 is 0.886 bits per heavy atom. The number of hydrogen-bond donors (Lipinski definition) is 3. The summed E-state index contributed by atoms with van der Waals surface area (Å²) < 4.78 is 11.0. The Labute approximate surface area is 209 Å². The molecule has 3 aromatic carbocycles. The van der Waals surface area contributed by atoms with Crippen molar-refractivity contribution in [1.29, 1.82) is 0 Å². The quantitative estimate of drug-likeness (QED) is 0.356. The monoisotopic (exact) mass is 494 g/mol. The summed E-state index contributed by atoms with van der Waals surface area (Å²) in [4.78, 5) is 24.7. The van der Waals surface area contributed by atoms with Crippen LogP contribution in [0, 0.1) is 0 Å². The number of amides is 2. The van der Waals surface area contributed by atoms with Gasteiger partial charge in [0.15, 0.2) is 11.5 Å². The summed E-state index contributed by atoms with van der Waals surface area (Å²) in [6.45, 7) is 0.607. The van der Waals surface area contributed by atoms with Crippen molar-refractivity contribution < 1.29 is 24.2 Å². The Morgan fingerprint density at radius 2 is 1.63 bits per heavy atom. The number of carbonyl (C=O) groups excluding carboxylic acids is 2. The number of carbonyl (C=O) groups is 2. The third kappa shape index (κ3) is 7.50. The molecule has 0 unspecified atom stereocenters. The van der Waals surface area contributed by atoms with Crippen molar-refractivity contribution in [1.82, 2.24) is 10.6 Å². The van der Waals surface area contributed by atoms with Crippen molar-refractivity contribution in [2.45, 2.75) is 12.3 Å². The number of aliphatic hydroxyl groups excluding tert-OH is 1. The molecule has 35 heavy (non-hydrogen) atoms. The highest BCUT2D eigenvalue weighted by Gasteiger charge is 2.19. The van der Waals surface area contributed by atoms with Crippen molar-refractivity contribution in [3.8, 4) is 22.6 Å². The second-order valence-electron chi connectivity index (χ2n) is 7.69. The maximum atomic E-state index is 13.0. The Morgan fingerprint density at radius 3 is 2.29 bits per heavy atom. The van der Waals surface area contributed by atoms with E-state index in [4.69, 9.17) is 14.6 Å². The molecule has 0 aliphatic carbocycles. The second kappa shape index (κ2) is 13.4. The Balaban J connectivity index is 1.74. The van der Waals surface area contributed by atoms with Crippen LogP contribution in [-0.4, -0.2) is 50.0 Å². The fraction of sp³-hybridized carbons (Fsp3) is 0.259. The summed E-state index contributed by atoms with van der Waals surface area (Å²) in [5, 5.41) is 14.4. The van der Waals surface area contributed by atoms with Gasteiger partial charge in [-0.1, -0.05) is 54.6 Å². The highest BCUT2D eigenvalue weighted by atomic mass is 32.2. The maximum Gasteiger partial charge on any atom is 0.255 e. The predicted octanol–water partition coefficient (Wildman–Crippen LogP) is 3.64. The molecule has 0 saturated carbocycles. The van der Waals surface area contributed by atoms with Crippen LogP contribution in [0.2, 0.25) is 0 Å². The normalized spacial score (nSPS) is 10.5. The lowest BCUT2D eigenvalue weighted by Crippen LogP contribution is -2.27. The van der Waals surface area contributed by atoms with Crippen molar-refractivity contribution in [2.75, 3.05) is 33.1 Å². The number of benzene rings is 3. The van der Waals surface area contributed by atoms with Gasteiger partial charge in [-0.2, -0.15) is 0 Å². The van der Waals surface area contributed by atoms with Gasteiger partial charge in [-0.25, -0.2) is 0 Å². The summed E-state index contributed by atoms with van der Waals surface area (Å²) in [6.07, 6.45) is 0. The fourth-order valence-corrected chi connectivity index (χ4v) is 4.29.